The molecule has 0 amide bonds. The van der Waals surface area contributed by atoms with Crippen LogP contribution in [0.4, 0.5) is 5.69 Å². The minimum absolute atomic E-state index is 0.711. The SMILES string of the molecule is N#Cc1ccc2c(c1)N1CCCC[C@@H]1C2. The molecule has 0 aliphatic carbocycles. The Morgan fingerprint density at radius 2 is 2.27 bits per heavy atom. The van der Waals surface area contributed by atoms with Crippen molar-refractivity contribution in [1.82, 2.24) is 0 Å². The van der Waals surface area contributed by atoms with Crippen LogP contribution in [0.1, 0.15) is 30.4 Å². The second-order valence-corrected chi connectivity index (χ2v) is 4.50. The molecule has 0 saturated carbocycles. The Balaban J connectivity index is 2.02. The highest BCUT2D eigenvalue weighted by atomic mass is 15.2. The van der Waals surface area contributed by atoms with Gasteiger partial charge >= 0.3 is 0 Å². The molecule has 2 heteroatoms. The molecule has 0 N–H and O–H groups in total. The second kappa shape index (κ2) is 3.27. The standard InChI is InChI=1S/C13H14N2/c14-9-10-4-5-11-8-12-3-1-2-6-15(12)13(11)7-10/h4-5,7,12H,1-3,6,8H2/t12-/m1/s1. The zero-order valence-electron chi connectivity index (χ0n) is 8.74. The fourth-order valence-corrected chi connectivity index (χ4v) is 2.86. The number of piperidine rings is 1. The van der Waals surface area contributed by atoms with Crippen LogP contribution in [0.15, 0.2) is 18.2 Å². The van der Waals surface area contributed by atoms with Crippen LogP contribution in [-0.4, -0.2) is 12.6 Å². The van der Waals surface area contributed by atoms with E-state index < -0.39 is 0 Å². The third-order valence-corrected chi connectivity index (χ3v) is 3.61. The molecule has 0 bridgehead atoms. The fraction of sp³-hybridized carbons (Fsp3) is 0.462. The summed E-state index contributed by atoms with van der Waals surface area (Å²) < 4.78 is 0. The average molecular weight is 198 g/mol. The Hall–Kier alpha value is -1.49. The van der Waals surface area contributed by atoms with Crippen molar-refractivity contribution in [1.29, 1.82) is 5.26 Å². The molecule has 1 saturated heterocycles. The van der Waals surface area contributed by atoms with Crippen LogP contribution >= 0.6 is 0 Å². The monoisotopic (exact) mass is 198 g/mol. The molecule has 0 aromatic heterocycles. The molecule has 0 spiro atoms. The predicted octanol–water partition coefficient (Wildman–Crippen LogP) is 2.47. The quantitative estimate of drug-likeness (QED) is 0.640. The largest absolute Gasteiger partial charge is 0.368 e. The highest BCUT2D eigenvalue weighted by Gasteiger charge is 2.30. The van der Waals surface area contributed by atoms with Gasteiger partial charge in [-0.1, -0.05) is 6.07 Å². The molecular weight excluding hydrogens is 184 g/mol. The zero-order valence-corrected chi connectivity index (χ0v) is 8.74. The van der Waals surface area contributed by atoms with E-state index in [4.69, 9.17) is 5.26 Å². The normalized spacial score (nSPS) is 23.1. The number of nitriles is 1. The molecule has 0 unspecified atom stereocenters. The molecule has 15 heavy (non-hydrogen) atoms. The van der Waals surface area contributed by atoms with Crippen molar-refractivity contribution in [3.05, 3.63) is 29.3 Å². The second-order valence-electron chi connectivity index (χ2n) is 4.50. The van der Waals surface area contributed by atoms with Crippen LogP contribution in [0.25, 0.3) is 0 Å². The van der Waals surface area contributed by atoms with E-state index in [9.17, 15) is 0 Å². The number of rotatable bonds is 0. The average Bonchev–Trinajstić information content (AvgIpc) is 2.66. The van der Waals surface area contributed by atoms with Crippen LogP contribution < -0.4 is 4.90 Å². The van der Waals surface area contributed by atoms with Crippen LogP contribution in [-0.2, 0) is 6.42 Å². The molecule has 2 heterocycles. The van der Waals surface area contributed by atoms with Crippen LogP contribution in [0.3, 0.4) is 0 Å². The first-order chi connectivity index (χ1) is 7.38. The molecule has 2 nitrogen and oxygen atoms in total. The minimum atomic E-state index is 0.711. The van der Waals surface area contributed by atoms with Gasteiger partial charge in [0.1, 0.15) is 0 Å². The van der Waals surface area contributed by atoms with E-state index in [2.05, 4.69) is 23.1 Å². The number of hydrogen-bond donors (Lipinski definition) is 0. The van der Waals surface area contributed by atoms with Gasteiger partial charge in [-0.15, -0.1) is 0 Å². The van der Waals surface area contributed by atoms with Crippen LogP contribution in [0.2, 0.25) is 0 Å². The van der Waals surface area contributed by atoms with E-state index in [0.717, 1.165) is 5.56 Å². The first-order valence-electron chi connectivity index (χ1n) is 5.68. The minimum Gasteiger partial charge on any atom is -0.368 e. The van der Waals surface area contributed by atoms with E-state index in [1.54, 1.807) is 0 Å². The Morgan fingerprint density at radius 1 is 1.33 bits per heavy atom. The Labute approximate surface area is 90.1 Å². The highest BCUT2D eigenvalue weighted by molar-refractivity contribution is 5.62. The summed E-state index contributed by atoms with van der Waals surface area (Å²) in [5.41, 5.74) is 3.54. The van der Waals surface area contributed by atoms with Gasteiger partial charge in [0.05, 0.1) is 11.6 Å². The molecule has 1 atom stereocenters. The van der Waals surface area contributed by atoms with Crippen molar-refractivity contribution < 1.29 is 0 Å². The molecule has 2 aliphatic rings. The van der Waals surface area contributed by atoms with Gasteiger partial charge in [0, 0.05) is 18.3 Å². The lowest BCUT2D eigenvalue weighted by molar-refractivity contribution is 0.478. The number of anilines is 1. The highest BCUT2D eigenvalue weighted by Crippen LogP contribution is 2.37. The van der Waals surface area contributed by atoms with Gasteiger partial charge in [-0.2, -0.15) is 5.26 Å². The summed E-state index contributed by atoms with van der Waals surface area (Å²) in [6.07, 6.45) is 5.16. The van der Waals surface area contributed by atoms with Crippen molar-refractivity contribution in [3.8, 4) is 6.07 Å². The Kier molecular flexibility index (Phi) is 1.92. The molecule has 0 radical (unpaired) electrons. The Bertz CT molecular complexity index is 431. The van der Waals surface area contributed by atoms with Crippen molar-refractivity contribution >= 4 is 5.69 Å². The Morgan fingerprint density at radius 3 is 3.13 bits per heavy atom. The van der Waals surface area contributed by atoms with E-state index in [1.807, 2.05) is 6.07 Å². The lowest BCUT2D eigenvalue weighted by atomic mass is 10.0. The molecule has 3 rings (SSSR count). The van der Waals surface area contributed by atoms with Gasteiger partial charge < -0.3 is 4.90 Å². The smallest absolute Gasteiger partial charge is 0.0992 e. The number of benzene rings is 1. The summed E-state index contributed by atoms with van der Waals surface area (Å²) >= 11 is 0. The van der Waals surface area contributed by atoms with Crippen molar-refractivity contribution in [2.24, 2.45) is 0 Å². The van der Waals surface area contributed by atoms with Crippen molar-refractivity contribution in [3.63, 3.8) is 0 Å². The number of nitrogens with zero attached hydrogens (tertiary/aromatic N) is 2. The maximum atomic E-state index is 8.90. The van der Waals surface area contributed by atoms with Crippen LogP contribution in [0, 0.1) is 11.3 Å². The first-order valence-corrected chi connectivity index (χ1v) is 5.68. The van der Waals surface area contributed by atoms with Gasteiger partial charge in [-0.3, -0.25) is 0 Å². The summed E-state index contributed by atoms with van der Waals surface area (Å²) in [7, 11) is 0. The fourth-order valence-electron chi connectivity index (χ4n) is 2.86. The molecule has 1 aromatic carbocycles. The van der Waals surface area contributed by atoms with Crippen molar-refractivity contribution in [2.75, 3.05) is 11.4 Å². The molecule has 2 aliphatic heterocycles. The maximum absolute atomic E-state index is 8.90. The van der Waals surface area contributed by atoms with Gasteiger partial charge in [0.2, 0.25) is 0 Å². The zero-order chi connectivity index (χ0) is 10.3. The van der Waals surface area contributed by atoms with Crippen molar-refractivity contribution in [2.45, 2.75) is 31.7 Å². The van der Waals surface area contributed by atoms with Gasteiger partial charge in [-0.25, -0.2) is 0 Å². The lowest BCUT2D eigenvalue weighted by Gasteiger charge is -2.31. The topological polar surface area (TPSA) is 27.0 Å². The lowest BCUT2D eigenvalue weighted by Crippen LogP contribution is -2.36. The molecule has 1 aromatic rings. The summed E-state index contributed by atoms with van der Waals surface area (Å²) in [6.45, 7) is 1.17. The van der Waals surface area contributed by atoms with Gasteiger partial charge in [0.15, 0.2) is 0 Å². The number of fused-ring (bicyclic) bond motifs is 3. The first kappa shape index (κ1) is 8.79. The van der Waals surface area contributed by atoms with E-state index in [-0.39, 0.29) is 0 Å². The predicted molar refractivity (Wildman–Crippen MR) is 59.8 cm³/mol. The molecule has 1 fully saturated rings. The summed E-state index contributed by atoms with van der Waals surface area (Å²) in [6, 6.07) is 9.07. The third-order valence-electron chi connectivity index (χ3n) is 3.61. The summed E-state index contributed by atoms with van der Waals surface area (Å²) in [4.78, 5) is 2.50. The van der Waals surface area contributed by atoms with E-state index in [0.29, 0.717) is 6.04 Å². The van der Waals surface area contributed by atoms with Crippen LogP contribution in [0.5, 0.6) is 0 Å². The van der Waals surface area contributed by atoms with E-state index >= 15 is 0 Å². The van der Waals surface area contributed by atoms with E-state index in [1.165, 1.54) is 43.5 Å². The summed E-state index contributed by atoms with van der Waals surface area (Å²) in [5.74, 6) is 0. The third kappa shape index (κ3) is 1.31. The maximum Gasteiger partial charge on any atom is 0.0992 e. The van der Waals surface area contributed by atoms with Gasteiger partial charge in [0.25, 0.3) is 0 Å². The molecule has 76 valence electrons. The van der Waals surface area contributed by atoms with Gasteiger partial charge in [-0.05, 0) is 43.4 Å². The number of hydrogen-bond acceptors (Lipinski definition) is 2. The summed E-state index contributed by atoms with van der Waals surface area (Å²) in [5, 5.41) is 8.90. The molecular formula is C13H14N2.